The number of carboxylic acids is 1. The fourth-order valence-electron chi connectivity index (χ4n) is 3.17. The number of aliphatic carboxylic acids is 1. The topological polar surface area (TPSA) is 72.8 Å². The van der Waals surface area contributed by atoms with Crippen LogP contribution in [0.4, 0.5) is 0 Å². The summed E-state index contributed by atoms with van der Waals surface area (Å²) in [4.78, 5) is 13.0. The van der Waals surface area contributed by atoms with Crippen molar-refractivity contribution < 1.29 is 23.5 Å². The Balaban J connectivity index is 2.41. The van der Waals surface area contributed by atoms with Crippen LogP contribution in [0.1, 0.15) is 37.3 Å². The molecule has 2 rings (SSSR count). The van der Waals surface area contributed by atoms with Gasteiger partial charge >= 0.3 is 13.6 Å². The molecule has 2 atom stereocenters. The second kappa shape index (κ2) is 7.84. The number of thioether (sulfide) groups is 1. The number of hydrogen-bond acceptors (Lipinski definition) is 5. The highest BCUT2D eigenvalue weighted by Gasteiger charge is 2.48. The molecule has 2 unspecified atom stereocenters. The minimum atomic E-state index is -3.71. The molecule has 1 aromatic rings. The Kier molecular flexibility index (Phi) is 6.32. The second-order valence-electron chi connectivity index (χ2n) is 5.37. The van der Waals surface area contributed by atoms with Crippen LogP contribution in [0.15, 0.2) is 23.1 Å². The predicted octanol–water partition coefficient (Wildman–Crippen LogP) is 4.16. The first kappa shape index (κ1) is 18.5. The van der Waals surface area contributed by atoms with Gasteiger partial charge in [0, 0.05) is 10.8 Å². The van der Waals surface area contributed by atoms with Crippen molar-refractivity contribution in [1.82, 2.24) is 0 Å². The Morgan fingerprint density at radius 2 is 2.04 bits per heavy atom. The molecule has 5 nitrogen and oxygen atoms in total. The summed E-state index contributed by atoms with van der Waals surface area (Å²) in [6.07, 6.45) is 3.44. The molecule has 0 radical (unpaired) electrons. The zero-order valence-electron chi connectivity index (χ0n) is 13.7. The molecule has 0 bridgehead atoms. The summed E-state index contributed by atoms with van der Waals surface area (Å²) in [5.41, 5.74) is 0.922. The summed E-state index contributed by atoms with van der Waals surface area (Å²) in [7, 11) is -3.71. The molecule has 0 amide bonds. The maximum Gasteiger partial charge on any atom is 0.345 e. The van der Waals surface area contributed by atoms with Crippen LogP contribution in [-0.4, -0.2) is 36.2 Å². The average Bonchev–Trinajstić information content (AvgIpc) is 2.90. The van der Waals surface area contributed by atoms with E-state index in [1.165, 1.54) is 0 Å². The first-order chi connectivity index (χ1) is 11.0. The molecule has 1 aliphatic rings. The first-order valence-corrected chi connectivity index (χ1v) is 10.6. The number of hydrogen-bond donors (Lipinski definition) is 1. The lowest BCUT2D eigenvalue weighted by Crippen LogP contribution is -2.29. The van der Waals surface area contributed by atoms with E-state index >= 15 is 0 Å². The van der Waals surface area contributed by atoms with Crippen LogP contribution >= 0.6 is 19.4 Å². The Morgan fingerprint density at radius 1 is 1.39 bits per heavy atom. The monoisotopic (exact) mass is 358 g/mol. The lowest BCUT2D eigenvalue weighted by Gasteiger charge is -2.28. The van der Waals surface area contributed by atoms with Crippen LogP contribution in [0.25, 0.3) is 0 Å². The summed E-state index contributed by atoms with van der Waals surface area (Å²) in [5, 5.41) is 9.71. The zero-order valence-corrected chi connectivity index (χ0v) is 15.4. The molecule has 1 N–H and O–H groups in total. The maximum absolute atomic E-state index is 13.0. The fraction of sp³-hybridized carbons (Fsp3) is 0.562. The van der Waals surface area contributed by atoms with Gasteiger partial charge in [-0.1, -0.05) is 6.07 Å². The summed E-state index contributed by atoms with van der Waals surface area (Å²) < 4.78 is 23.7. The lowest BCUT2D eigenvalue weighted by molar-refractivity contribution is -0.137. The minimum absolute atomic E-state index is 0.159. The number of rotatable bonds is 8. The Bertz CT molecular complexity index is 608. The number of carboxylic acid groups (broad SMARTS) is 1. The van der Waals surface area contributed by atoms with Gasteiger partial charge in [0.15, 0.2) is 5.66 Å². The van der Waals surface area contributed by atoms with Gasteiger partial charge in [-0.25, -0.2) is 0 Å². The van der Waals surface area contributed by atoms with Gasteiger partial charge in [-0.2, -0.15) is 0 Å². The number of benzene rings is 1. The van der Waals surface area contributed by atoms with Gasteiger partial charge in [-0.05, 0) is 56.2 Å². The molecule has 0 spiro atoms. The van der Waals surface area contributed by atoms with E-state index in [1.54, 1.807) is 25.6 Å². The SMILES string of the molecule is CCOP(=O)(OCC)C(C(=O)O)C1CCc2cc(SC)ccc21. The fourth-order valence-corrected chi connectivity index (χ4v) is 5.77. The van der Waals surface area contributed by atoms with Crippen molar-refractivity contribution in [1.29, 1.82) is 0 Å². The molecule has 7 heteroatoms. The highest BCUT2D eigenvalue weighted by Crippen LogP contribution is 2.59. The van der Waals surface area contributed by atoms with Crippen LogP contribution in [0.3, 0.4) is 0 Å². The molecule has 23 heavy (non-hydrogen) atoms. The van der Waals surface area contributed by atoms with E-state index in [0.29, 0.717) is 6.42 Å². The summed E-state index contributed by atoms with van der Waals surface area (Å²) >= 11 is 1.65. The predicted molar refractivity (Wildman–Crippen MR) is 91.6 cm³/mol. The average molecular weight is 358 g/mol. The first-order valence-electron chi connectivity index (χ1n) is 7.75. The third-order valence-corrected chi connectivity index (χ3v) is 7.29. The van der Waals surface area contributed by atoms with E-state index in [9.17, 15) is 14.5 Å². The molecule has 128 valence electrons. The summed E-state index contributed by atoms with van der Waals surface area (Å²) in [6.45, 7) is 3.70. The van der Waals surface area contributed by atoms with Crippen LogP contribution in [-0.2, 0) is 24.8 Å². The molecule has 0 saturated heterocycles. The van der Waals surface area contributed by atoms with E-state index in [0.717, 1.165) is 22.4 Å². The van der Waals surface area contributed by atoms with Gasteiger partial charge in [0.2, 0.25) is 0 Å². The van der Waals surface area contributed by atoms with Gasteiger partial charge in [0.25, 0.3) is 0 Å². The molecule has 0 aliphatic heterocycles. The summed E-state index contributed by atoms with van der Waals surface area (Å²) in [6, 6.07) is 6.02. The van der Waals surface area contributed by atoms with E-state index in [2.05, 4.69) is 6.07 Å². The van der Waals surface area contributed by atoms with Crippen LogP contribution in [0.2, 0.25) is 0 Å². The van der Waals surface area contributed by atoms with Crippen LogP contribution in [0.5, 0.6) is 0 Å². The van der Waals surface area contributed by atoms with E-state index in [1.807, 2.05) is 18.4 Å². The number of aryl methyl sites for hydroxylation is 1. The third-order valence-electron chi connectivity index (χ3n) is 4.07. The molecule has 0 heterocycles. The second-order valence-corrected chi connectivity index (χ2v) is 8.40. The third kappa shape index (κ3) is 3.82. The Labute approximate surface area is 141 Å². The zero-order chi connectivity index (χ0) is 17.0. The molecule has 1 aromatic carbocycles. The van der Waals surface area contributed by atoms with Gasteiger partial charge in [0.1, 0.15) is 0 Å². The van der Waals surface area contributed by atoms with Crippen LogP contribution < -0.4 is 0 Å². The highest BCUT2D eigenvalue weighted by atomic mass is 32.2. The number of fused-ring (bicyclic) bond motifs is 1. The van der Waals surface area contributed by atoms with Crippen molar-refractivity contribution in [3.8, 4) is 0 Å². The van der Waals surface area contributed by atoms with Gasteiger partial charge in [-0.3, -0.25) is 9.36 Å². The van der Waals surface area contributed by atoms with Gasteiger partial charge < -0.3 is 14.2 Å². The quantitative estimate of drug-likeness (QED) is 0.556. The van der Waals surface area contributed by atoms with E-state index in [-0.39, 0.29) is 19.1 Å². The molecule has 0 fully saturated rings. The molecule has 1 aliphatic carbocycles. The van der Waals surface area contributed by atoms with E-state index in [4.69, 9.17) is 9.05 Å². The highest BCUT2D eigenvalue weighted by molar-refractivity contribution is 7.98. The molecular formula is C16H23O5PS. The Hall–Kier alpha value is -0.810. The van der Waals surface area contributed by atoms with Crippen molar-refractivity contribution in [3.63, 3.8) is 0 Å². The normalized spacial score (nSPS) is 18.7. The lowest BCUT2D eigenvalue weighted by atomic mass is 9.97. The largest absolute Gasteiger partial charge is 0.481 e. The van der Waals surface area contributed by atoms with Crippen molar-refractivity contribution in [3.05, 3.63) is 29.3 Å². The van der Waals surface area contributed by atoms with Gasteiger partial charge in [-0.15, -0.1) is 11.8 Å². The standard InChI is InChI=1S/C16H23O5PS/c1-4-20-22(19,21-5-2)15(16(17)18)14-8-6-11-10-12(23-3)7-9-13(11)14/h7,9-10,14-15H,4-6,8H2,1-3H3,(H,17,18). The number of carbonyl (C=O) groups is 1. The smallest absolute Gasteiger partial charge is 0.345 e. The van der Waals surface area contributed by atoms with Crippen molar-refractivity contribution in [2.75, 3.05) is 19.5 Å². The maximum atomic E-state index is 13.0. The van der Waals surface area contributed by atoms with Crippen molar-refractivity contribution in [2.45, 2.75) is 43.2 Å². The summed E-state index contributed by atoms with van der Waals surface area (Å²) in [5.74, 6) is -1.47. The van der Waals surface area contributed by atoms with Gasteiger partial charge in [0.05, 0.1) is 13.2 Å². The van der Waals surface area contributed by atoms with Crippen molar-refractivity contribution >= 4 is 25.3 Å². The van der Waals surface area contributed by atoms with E-state index < -0.39 is 19.2 Å². The van der Waals surface area contributed by atoms with Crippen LogP contribution in [0, 0.1) is 0 Å². The molecular weight excluding hydrogens is 335 g/mol. The molecule has 0 aromatic heterocycles. The minimum Gasteiger partial charge on any atom is -0.481 e. The van der Waals surface area contributed by atoms with Crippen molar-refractivity contribution in [2.24, 2.45) is 0 Å². The molecule has 0 saturated carbocycles. The Morgan fingerprint density at radius 3 is 2.57 bits per heavy atom.